The van der Waals surface area contributed by atoms with E-state index >= 15 is 0 Å². The molecule has 0 bridgehead atoms. The lowest BCUT2D eigenvalue weighted by molar-refractivity contribution is -0.141. The average Bonchev–Trinajstić information content (AvgIpc) is 2.94. The maximum absolute atomic E-state index is 12.8. The molecular weight excluding hydrogens is 250 g/mol. The summed E-state index contributed by atoms with van der Waals surface area (Å²) in [6, 6.07) is 0. The molecule has 1 aliphatic heterocycles. The minimum Gasteiger partial charge on any atom is -0.375 e. The number of Topliss-reactive ketones (excluding diaryl/α,β-unsaturated/α-hetero) is 1. The Labute approximate surface area is 122 Å². The standard InChI is InChI=1S/C17H29NO2/c18-12-13-3-5-14(6-4-13)16(19)15-7-10-20-17(11-15)8-1-2-9-17/h13-15H,1-12,18H2. The summed E-state index contributed by atoms with van der Waals surface area (Å²) < 4.78 is 6.06. The minimum atomic E-state index is 0.0764. The lowest BCUT2D eigenvalue weighted by atomic mass is 9.73. The van der Waals surface area contributed by atoms with E-state index in [0.717, 1.165) is 51.7 Å². The first-order valence-corrected chi connectivity index (χ1v) is 8.60. The molecule has 0 amide bonds. The third-order valence-corrected chi connectivity index (χ3v) is 5.99. The highest BCUT2D eigenvalue weighted by Crippen LogP contribution is 2.43. The van der Waals surface area contributed by atoms with Gasteiger partial charge in [-0.15, -0.1) is 0 Å². The van der Waals surface area contributed by atoms with Crippen molar-refractivity contribution in [2.24, 2.45) is 23.5 Å². The van der Waals surface area contributed by atoms with Crippen LogP contribution in [-0.2, 0) is 9.53 Å². The Morgan fingerprint density at radius 1 is 1.05 bits per heavy atom. The normalized spacial score (nSPS) is 37.1. The van der Waals surface area contributed by atoms with Gasteiger partial charge in [-0.05, 0) is 63.8 Å². The van der Waals surface area contributed by atoms with Crippen LogP contribution >= 0.6 is 0 Å². The van der Waals surface area contributed by atoms with Crippen LogP contribution < -0.4 is 5.73 Å². The predicted octanol–water partition coefficient (Wildman–Crippen LogP) is 3.06. The molecule has 1 unspecified atom stereocenters. The minimum absolute atomic E-state index is 0.0764. The number of ketones is 1. The molecule has 0 aromatic heterocycles. The molecule has 114 valence electrons. The Balaban J connectivity index is 1.57. The monoisotopic (exact) mass is 279 g/mol. The Bertz CT molecular complexity index is 341. The summed E-state index contributed by atoms with van der Waals surface area (Å²) in [5, 5.41) is 0. The summed E-state index contributed by atoms with van der Waals surface area (Å²) in [6.45, 7) is 1.59. The van der Waals surface area contributed by atoms with Gasteiger partial charge in [0.1, 0.15) is 5.78 Å². The number of nitrogens with two attached hydrogens (primary N) is 1. The van der Waals surface area contributed by atoms with Gasteiger partial charge in [0.25, 0.3) is 0 Å². The van der Waals surface area contributed by atoms with Crippen LogP contribution in [0.3, 0.4) is 0 Å². The molecule has 0 radical (unpaired) electrons. The van der Waals surface area contributed by atoms with Crippen molar-refractivity contribution in [3.8, 4) is 0 Å². The third-order valence-electron chi connectivity index (χ3n) is 5.99. The van der Waals surface area contributed by atoms with E-state index in [1.54, 1.807) is 0 Å². The molecule has 1 spiro atoms. The van der Waals surface area contributed by atoms with E-state index in [9.17, 15) is 4.79 Å². The van der Waals surface area contributed by atoms with Crippen molar-refractivity contribution in [3.05, 3.63) is 0 Å². The van der Waals surface area contributed by atoms with Gasteiger partial charge in [-0.2, -0.15) is 0 Å². The van der Waals surface area contributed by atoms with Gasteiger partial charge in [0.15, 0.2) is 0 Å². The largest absolute Gasteiger partial charge is 0.375 e. The second-order valence-corrected chi connectivity index (χ2v) is 7.28. The van der Waals surface area contributed by atoms with Gasteiger partial charge in [-0.25, -0.2) is 0 Å². The summed E-state index contributed by atoms with van der Waals surface area (Å²) in [5.74, 6) is 1.81. The van der Waals surface area contributed by atoms with E-state index in [1.807, 2.05) is 0 Å². The highest BCUT2D eigenvalue weighted by molar-refractivity contribution is 5.83. The van der Waals surface area contributed by atoms with E-state index in [1.165, 1.54) is 25.7 Å². The summed E-state index contributed by atoms with van der Waals surface area (Å²) in [7, 11) is 0. The molecule has 0 aromatic carbocycles. The van der Waals surface area contributed by atoms with Crippen LogP contribution in [-0.4, -0.2) is 24.5 Å². The maximum Gasteiger partial charge on any atom is 0.139 e. The Morgan fingerprint density at radius 2 is 1.75 bits per heavy atom. The van der Waals surface area contributed by atoms with Crippen molar-refractivity contribution in [3.63, 3.8) is 0 Å². The number of carbonyl (C=O) groups excluding carboxylic acids is 1. The van der Waals surface area contributed by atoms with Crippen molar-refractivity contribution in [2.45, 2.75) is 69.8 Å². The first-order chi connectivity index (χ1) is 9.72. The number of hydrogen-bond acceptors (Lipinski definition) is 3. The molecule has 3 nitrogen and oxygen atoms in total. The lowest BCUT2D eigenvalue weighted by Crippen LogP contribution is -2.41. The van der Waals surface area contributed by atoms with Crippen LogP contribution in [0.4, 0.5) is 0 Å². The average molecular weight is 279 g/mol. The smallest absolute Gasteiger partial charge is 0.139 e. The molecule has 1 heterocycles. The number of carbonyl (C=O) groups is 1. The van der Waals surface area contributed by atoms with E-state index in [0.29, 0.717) is 17.6 Å². The highest BCUT2D eigenvalue weighted by atomic mass is 16.5. The molecule has 0 aromatic rings. The molecule has 2 saturated carbocycles. The first kappa shape index (κ1) is 14.5. The van der Waals surface area contributed by atoms with Gasteiger partial charge in [-0.3, -0.25) is 4.79 Å². The first-order valence-electron chi connectivity index (χ1n) is 8.60. The van der Waals surface area contributed by atoms with Crippen molar-refractivity contribution >= 4 is 5.78 Å². The molecule has 3 heteroatoms. The third kappa shape index (κ3) is 2.94. The molecule has 2 N–H and O–H groups in total. The summed E-state index contributed by atoms with van der Waals surface area (Å²) in [5.41, 5.74) is 5.82. The zero-order valence-electron chi connectivity index (χ0n) is 12.6. The lowest BCUT2D eigenvalue weighted by Gasteiger charge is -2.39. The van der Waals surface area contributed by atoms with E-state index in [-0.39, 0.29) is 11.5 Å². The van der Waals surface area contributed by atoms with Gasteiger partial charge in [0.05, 0.1) is 5.60 Å². The molecule has 1 atom stereocenters. The number of rotatable bonds is 3. The fraction of sp³-hybridized carbons (Fsp3) is 0.941. The number of ether oxygens (including phenoxy) is 1. The van der Waals surface area contributed by atoms with Crippen molar-refractivity contribution in [1.29, 1.82) is 0 Å². The second kappa shape index (κ2) is 6.15. The SMILES string of the molecule is NCC1CCC(C(=O)C2CCOC3(CCCC3)C2)CC1. The van der Waals surface area contributed by atoms with Gasteiger partial charge in [-0.1, -0.05) is 12.8 Å². The van der Waals surface area contributed by atoms with Gasteiger partial charge >= 0.3 is 0 Å². The van der Waals surface area contributed by atoms with E-state index in [4.69, 9.17) is 10.5 Å². The fourth-order valence-corrected chi connectivity index (χ4v) is 4.65. The van der Waals surface area contributed by atoms with Crippen molar-refractivity contribution in [2.75, 3.05) is 13.2 Å². The maximum atomic E-state index is 12.8. The second-order valence-electron chi connectivity index (χ2n) is 7.28. The van der Waals surface area contributed by atoms with E-state index in [2.05, 4.69) is 0 Å². The molecule has 3 fully saturated rings. The molecule has 3 aliphatic rings. The highest BCUT2D eigenvalue weighted by Gasteiger charge is 2.43. The summed E-state index contributed by atoms with van der Waals surface area (Å²) in [4.78, 5) is 12.8. The van der Waals surface area contributed by atoms with Crippen LogP contribution in [0.15, 0.2) is 0 Å². The van der Waals surface area contributed by atoms with Crippen molar-refractivity contribution in [1.82, 2.24) is 0 Å². The topological polar surface area (TPSA) is 52.3 Å². The quantitative estimate of drug-likeness (QED) is 0.864. The van der Waals surface area contributed by atoms with Gasteiger partial charge in [0, 0.05) is 18.4 Å². The molecule has 2 aliphatic carbocycles. The zero-order chi connectivity index (χ0) is 14.0. The summed E-state index contributed by atoms with van der Waals surface area (Å²) in [6.07, 6.45) is 11.3. The van der Waals surface area contributed by atoms with Crippen LogP contribution in [0.5, 0.6) is 0 Å². The van der Waals surface area contributed by atoms with Gasteiger partial charge in [0.2, 0.25) is 0 Å². The van der Waals surface area contributed by atoms with Crippen molar-refractivity contribution < 1.29 is 9.53 Å². The zero-order valence-corrected chi connectivity index (χ0v) is 12.6. The van der Waals surface area contributed by atoms with Crippen LogP contribution in [0.25, 0.3) is 0 Å². The van der Waals surface area contributed by atoms with Crippen LogP contribution in [0, 0.1) is 17.8 Å². The molecular formula is C17H29NO2. The van der Waals surface area contributed by atoms with Crippen LogP contribution in [0.2, 0.25) is 0 Å². The summed E-state index contributed by atoms with van der Waals surface area (Å²) >= 11 is 0. The van der Waals surface area contributed by atoms with Crippen LogP contribution in [0.1, 0.15) is 64.2 Å². The molecule has 1 saturated heterocycles. The Kier molecular flexibility index (Phi) is 4.46. The molecule has 3 rings (SSSR count). The fourth-order valence-electron chi connectivity index (χ4n) is 4.65. The number of hydrogen-bond donors (Lipinski definition) is 1. The van der Waals surface area contributed by atoms with E-state index < -0.39 is 0 Å². The molecule has 20 heavy (non-hydrogen) atoms. The van der Waals surface area contributed by atoms with Gasteiger partial charge < -0.3 is 10.5 Å². The predicted molar refractivity (Wildman–Crippen MR) is 79.4 cm³/mol. The Hall–Kier alpha value is -0.410. The Morgan fingerprint density at radius 3 is 2.40 bits per heavy atom.